The molecule has 1 saturated heterocycles. The lowest BCUT2D eigenvalue weighted by molar-refractivity contribution is 0.600. The summed E-state index contributed by atoms with van der Waals surface area (Å²) in [5.74, 6) is 0.399. The van der Waals surface area contributed by atoms with Crippen molar-refractivity contribution in [1.82, 2.24) is 5.32 Å². The van der Waals surface area contributed by atoms with Crippen LogP contribution in [0.25, 0.3) is 0 Å². The molecule has 0 amide bonds. The van der Waals surface area contributed by atoms with Crippen LogP contribution in [0.5, 0.6) is 0 Å². The number of anilines is 2. The summed E-state index contributed by atoms with van der Waals surface area (Å²) in [6.07, 6.45) is 0.613. The molecule has 20 heavy (non-hydrogen) atoms. The molecule has 0 spiro atoms. The molecular formula is C13H19N3O2S2. The molecule has 1 aromatic carbocycles. The van der Waals surface area contributed by atoms with Crippen LogP contribution < -0.4 is 15.5 Å². The average molecular weight is 313 g/mol. The van der Waals surface area contributed by atoms with Gasteiger partial charge in [0.05, 0.1) is 11.5 Å². The first-order valence-corrected chi connectivity index (χ1v) is 8.64. The molecule has 1 aromatic rings. The summed E-state index contributed by atoms with van der Waals surface area (Å²) in [7, 11) is 1.05. The van der Waals surface area contributed by atoms with E-state index in [2.05, 4.69) is 10.6 Å². The zero-order chi connectivity index (χ0) is 14.8. The van der Waals surface area contributed by atoms with E-state index >= 15 is 0 Å². The summed E-state index contributed by atoms with van der Waals surface area (Å²) in [6, 6.07) is 7.77. The number of hydrogen-bond donors (Lipinski definition) is 2. The summed E-state index contributed by atoms with van der Waals surface area (Å²) in [5, 5.41) is 6.61. The predicted octanol–water partition coefficient (Wildman–Crippen LogP) is 1.23. The van der Waals surface area contributed by atoms with Gasteiger partial charge in [-0.3, -0.25) is 0 Å². The van der Waals surface area contributed by atoms with E-state index in [1.807, 2.05) is 43.3 Å². The maximum absolute atomic E-state index is 11.4. The quantitative estimate of drug-likeness (QED) is 0.819. The Labute approximate surface area is 125 Å². The molecule has 0 bridgehead atoms. The molecular weight excluding hydrogens is 294 g/mol. The van der Waals surface area contributed by atoms with E-state index < -0.39 is 9.84 Å². The van der Waals surface area contributed by atoms with Gasteiger partial charge >= 0.3 is 0 Å². The number of thiocarbonyl (C=S) groups is 1. The third-order valence-electron chi connectivity index (χ3n) is 3.19. The fraction of sp³-hybridized carbons (Fsp3) is 0.462. The third kappa shape index (κ3) is 4.08. The van der Waals surface area contributed by atoms with Crippen LogP contribution in [0.1, 0.15) is 6.42 Å². The molecule has 5 nitrogen and oxygen atoms in total. The average Bonchev–Trinajstić information content (AvgIpc) is 2.68. The van der Waals surface area contributed by atoms with Crippen LogP contribution in [0.15, 0.2) is 24.3 Å². The number of nitrogens with one attached hydrogen (secondary N) is 2. The van der Waals surface area contributed by atoms with Crippen molar-refractivity contribution in [2.24, 2.45) is 0 Å². The van der Waals surface area contributed by atoms with Crippen molar-refractivity contribution >= 4 is 38.5 Å². The van der Waals surface area contributed by atoms with Crippen molar-refractivity contribution in [2.45, 2.75) is 12.5 Å². The van der Waals surface area contributed by atoms with E-state index in [0.29, 0.717) is 11.5 Å². The highest BCUT2D eigenvalue weighted by Gasteiger charge is 2.28. The van der Waals surface area contributed by atoms with Gasteiger partial charge in [0.25, 0.3) is 0 Å². The molecule has 1 aliphatic heterocycles. The van der Waals surface area contributed by atoms with Gasteiger partial charge in [-0.25, -0.2) is 8.42 Å². The summed E-state index contributed by atoms with van der Waals surface area (Å²) in [6.45, 7) is 0. The highest BCUT2D eigenvalue weighted by atomic mass is 32.2. The molecule has 0 aromatic heterocycles. The van der Waals surface area contributed by atoms with E-state index in [9.17, 15) is 8.42 Å². The minimum atomic E-state index is -2.89. The minimum absolute atomic E-state index is 0.0861. The topological polar surface area (TPSA) is 61.4 Å². The molecule has 1 aliphatic rings. The van der Waals surface area contributed by atoms with Gasteiger partial charge in [-0.05, 0) is 36.8 Å². The van der Waals surface area contributed by atoms with Crippen LogP contribution in [0, 0.1) is 0 Å². The first-order chi connectivity index (χ1) is 9.35. The first kappa shape index (κ1) is 15.1. The van der Waals surface area contributed by atoms with Gasteiger partial charge in [-0.1, -0.05) is 6.07 Å². The Balaban J connectivity index is 1.93. The second kappa shape index (κ2) is 5.97. The second-order valence-corrected chi connectivity index (χ2v) is 7.78. The van der Waals surface area contributed by atoms with Crippen LogP contribution in [0.3, 0.4) is 0 Å². The number of hydrogen-bond acceptors (Lipinski definition) is 4. The smallest absolute Gasteiger partial charge is 0.171 e. The van der Waals surface area contributed by atoms with E-state index in [-0.39, 0.29) is 17.5 Å². The molecule has 0 saturated carbocycles. The van der Waals surface area contributed by atoms with E-state index in [0.717, 1.165) is 11.4 Å². The van der Waals surface area contributed by atoms with Gasteiger partial charge in [0.2, 0.25) is 0 Å². The van der Waals surface area contributed by atoms with E-state index in [1.54, 1.807) is 0 Å². The summed E-state index contributed by atoms with van der Waals surface area (Å²) >= 11 is 5.23. The molecule has 1 heterocycles. The number of rotatable bonds is 3. The van der Waals surface area contributed by atoms with Gasteiger partial charge in [0.15, 0.2) is 14.9 Å². The van der Waals surface area contributed by atoms with Gasteiger partial charge in [-0.2, -0.15) is 0 Å². The van der Waals surface area contributed by atoms with Crippen LogP contribution in [-0.2, 0) is 9.84 Å². The van der Waals surface area contributed by atoms with Crippen LogP contribution in [-0.4, -0.2) is 45.2 Å². The van der Waals surface area contributed by atoms with Gasteiger partial charge in [0.1, 0.15) is 0 Å². The maximum Gasteiger partial charge on any atom is 0.171 e. The van der Waals surface area contributed by atoms with E-state index in [4.69, 9.17) is 12.2 Å². The zero-order valence-electron chi connectivity index (χ0n) is 11.6. The summed E-state index contributed by atoms with van der Waals surface area (Å²) < 4.78 is 22.8. The molecule has 2 N–H and O–H groups in total. The third-order valence-corrected chi connectivity index (χ3v) is 5.18. The van der Waals surface area contributed by atoms with Gasteiger partial charge in [0, 0.05) is 31.5 Å². The molecule has 2 rings (SSSR count). The van der Waals surface area contributed by atoms with Crippen molar-refractivity contribution in [3.8, 4) is 0 Å². The van der Waals surface area contributed by atoms with E-state index in [1.165, 1.54) is 0 Å². The SMILES string of the molecule is CN(C)c1cccc(NC(=S)N[C@H]2CCS(=O)(=O)C2)c1. The molecule has 110 valence electrons. The Morgan fingerprint density at radius 1 is 1.40 bits per heavy atom. The largest absolute Gasteiger partial charge is 0.378 e. The zero-order valence-corrected chi connectivity index (χ0v) is 13.2. The number of sulfone groups is 1. The lowest BCUT2D eigenvalue weighted by Crippen LogP contribution is -2.38. The molecule has 1 fully saturated rings. The molecule has 0 radical (unpaired) electrons. The van der Waals surface area contributed by atoms with Gasteiger partial charge in [-0.15, -0.1) is 0 Å². The van der Waals surface area contributed by atoms with Gasteiger partial charge < -0.3 is 15.5 Å². The predicted molar refractivity (Wildman–Crippen MR) is 87.2 cm³/mol. The van der Waals surface area contributed by atoms with Crippen LogP contribution in [0.2, 0.25) is 0 Å². The standard InChI is InChI=1S/C13H19N3O2S2/c1-16(2)12-5-3-4-10(8-12)14-13(19)15-11-6-7-20(17,18)9-11/h3-5,8,11H,6-7,9H2,1-2H3,(H2,14,15,19)/t11-/m0/s1. The van der Waals surface area contributed by atoms with Crippen LogP contribution in [0.4, 0.5) is 11.4 Å². The number of benzene rings is 1. The Bertz CT molecular complexity index is 599. The second-order valence-electron chi connectivity index (χ2n) is 5.14. The Morgan fingerprint density at radius 2 is 2.15 bits per heavy atom. The van der Waals surface area contributed by atoms with Crippen molar-refractivity contribution < 1.29 is 8.42 Å². The molecule has 7 heteroatoms. The first-order valence-electron chi connectivity index (χ1n) is 6.41. The Kier molecular flexibility index (Phi) is 4.49. The highest BCUT2D eigenvalue weighted by Crippen LogP contribution is 2.17. The molecule has 0 unspecified atom stereocenters. The monoisotopic (exact) mass is 313 g/mol. The normalized spacial score (nSPS) is 20.4. The molecule has 0 aliphatic carbocycles. The van der Waals surface area contributed by atoms with Crippen molar-refractivity contribution in [1.29, 1.82) is 0 Å². The van der Waals surface area contributed by atoms with Crippen molar-refractivity contribution in [3.05, 3.63) is 24.3 Å². The minimum Gasteiger partial charge on any atom is -0.378 e. The Morgan fingerprint density at radius 3 is 2.75 bits per heavy atom. The maximum atomic E-state index is 11.4. The van der Waals surface area contributed by atoms with Crippen LogP contribution >= 0.6 is 12.2 Å². The lowest BCUT2D eigenvalue weighted by Gasteiger charge is -2.17. The fourth-order valence-electron chi connectivity index (χ4n) is 2.12. The summed E-state index contributed by atoms with van der Waals surface area (Å²) in [5.41, 5.74) is 1.95. The Hall–Kier alpha value is -1.34. The molecule has 1 atom stereocenters. The number of nitrogens with zero attached hydrogens (tertiary/aromatic N) is 1. The van der Waals surface area contributed by atoms with Crippen molar-refractivity contribution in [3.63, 3.8) is 0 Å². The lowest BCUT2D eigenvalue weighted by atomic mass is 10.2. The van der Waals surface area contributed by atoms with Crippen molar-refractivity contribution in [2.75, 3.05) is 35.8 Å². The summed E-state index contributed by atoms with van der Waals surface area (Å²) in [4.78, 5) is 2.01. The highest BCUT2D eigenvalue weighted by molar-refractivity contribution is 7.91. The fourth-order valence-corrected chi connectivity index (χ4v) is 4.08.